The van der Waals surface area contributed by atoms with Crippen LogP contribution in [0.5, 0.6) is 0 Å². The maximum Gasteiger partial charge on any atom is 0.0363 e. The third-order valence-corrected chi connectivity index (χ3v) is 3.22. The zero-order chi connectivity index (χ0) is 12.8. The first-order valence-electron chi connectivity index (χ1n) is 6.58. The summed E-state index contributed by atoms with van der Waals surface area (Å²) in [7, 11) is 2.16. The van der Waals surface area contributed by atoms with E-state index >= 15 is 0 Å². The van der Waals surface area contributed by atoms with Crippen LogP contribution in [-0.4, -0.2) is 19.6 Å². The molecule has 1 rings (SSSR count). The average molecular weight is 234 g/mol. The van der Waals surface area contributed by atoms with Gasteiger partial charge in [-0.15, -0.1) is 0 Å². The molecule has 17 heavy (non-hydrogen) atoms. The van der Waals surface area contributed by atoms with Gasteiger partial charge < -0.3 is 10.6 Å². The maximum absolute atomic E-state index is 5.80. The van der Waals surface area contributed by atoms with Gasteiger partial charge in [0.1, 0.15) is 0 Å². The molecule has 0 saturated heterocycles. The number of anilines is 1. The van der Waals surface area contributed by atoms with Crippen molar-refractivity contribution >= 4 is 5.69 Å². The molecule has 1 aromatic rings. The highest BCUT2D eigenvalue weighted by molar-refractivity contribution is 5.47. The van der Waals surface area contributed by atoms with Crippen LogP contribution in [-0.2, 0) is 6.42 Å². The highest BCUT2D eigenvalue weighted by Gasteiger charge is 2.05. The van der Waals surface area contributed by atoms with E-state index in [2.05, 4.69) is 50.1 Å². The first-order chi connectivity index (χ1) is 8.02. The molecule has 0 fully saturated rings. The van der Waals surface area contributed by atoms with E-state index in [1.807, 2.05) is 6.92 Å². The minimum absolute atomic E-state index is 0.235. The molecule has 0 aliphatic carbocycles. The maximum atomic E-state index is 5.80. The number of nitrogens with zero attached hydrogens (tertiary/aromatic N) is 1. The first-order valence-corrected chi connectivity index (χ1v) is 6.58. The normalized spacial score (nSPS) is 14.4. The topological polar surface area (TPSA) is 29.3 Å². The summed E-state index contributed by atoms with van der Waals surface area (Å²) < 4.78 is 0. The lowest BCUT2D eigenvalue weighted by atomic mass is 10.1. The molecule has 0 amide bonds. The second-order valence-corrected chi connectivity index (χ2v) is 5.24. The van der Waals surface area contributed by atoms with Gasteiger partial charge in [-0.3, -0.25) is 0 Å². The zero-order valence-electron chi connectivity index (χ0n) is 11.6. The van der Waals surface area contributed by atoms with Crippen molar-refractivity contribution in [2.45, 2.75) is 39.7 Å². The molecule has 2 heteroatoms. The summed E-state index contributed by atoms with van der Waals surface area (Å²) in [6.45, 7) is 7.69. The molecule has 0 aromatic heterocycles. The molecule has 0 saturated carbocycles. The molecule has 0 heterocycles. The molecule has 2 N–H and O–H groups in total. The van der Waals surface area contributed by atoms with Gasteiger partial charge in [0.25, 0.3) is 0 Å². The van der Waals surface area contributed by atoms with Crippen LogP contribution in [0.1, 0.15) is 32.8 Å². The number of rotatable bonds is 6. The summed E-state index contributed by atoms with van der Waals surface area (Å²) in [4.78, 5) is 2.32. The molecular weight excluding hydrogens is 208 g/mol. The quantitative estimate of drug-likeness (QED) is 0.819. The van der Waals surface area contributed by atoms with Crippen LogP contribution in [0.2, 0.25) is 0 Å². The summed E-state index contributed by atoms with van der Waals surface area (Å²) in [5, 5.41) is 0. The van der Waals surface area contributed by atoms with Crippen molar-refractivity contribution in [1.29, 1.82) is 0 Å². The Labute approximate surface area is 106 Å². The molecule has 96 valence electrons. The van der Waals surface area contributed by atoms with Crippen molar-refractivity contribution in [3.8, 4) is 0 Å². The lowest BCUT2D eigenvalue weighted by molar-refractivity contribution is 0.560. The molecule has 0 radical (unpaired) electrons. The largest absolute Gasteiger partial charge is 0.374 e. The van der Waals surface area contributed by atoms with Crippen LogP contribution >= 0.6 is 0 Å². The fraction of sp³-hybridized carbons (Fsp3) is 0.600. The van der Waals surface area contributed by atoms with Gasteiger partial charge >= 0.3 is 0 Å². The lowest BCUT2D eigenvalue weighted by Gasteiger charge is -2.23. The van der Waals surface area contributed by atoms with Crippen LogP contribution in [0, 0.1) is 5.92 Å². The van der Waals surface area contributed by atoms with E-state index in [0.717, 1.165) is 18.9 Å². The zero-order valence-corrected chi connectivity index (χ0v) is 11.6. The Kier molecular flexibility index (Phi) is 5.49. The van der Waals surface area contributed by atoms with E-state index in [-0.39, 0.29) is 6.04 Å². The van der Waals surface area contributed by atoms with Crippen molar-refractivity contribution in [2.75, 3.05) is 18.5 Å². The van der Waals surface area contributed by atoms with Gasteiger partial charge in [-0.25, -0.2) is 0 Å². The Morgan fingerprint density at radius 1 is 1.18 bits per heavy atom. The first kappa shape index (κ1) is 14.0. The second-order valence-electron chi connectivity index (χ2n) is 5.24. The SMILES string of the molecule is CCC(C)CN(C)c1ccc(CC(C)N)cc1. The predicted octanol–water partition coefficient (Wildman–Crippen LogP) is 3.06. The van der Waals surface area contributed by atoms with Crippen molar-refractivity contribution in [1.82, 2.24) is 0 Å². The van der Waals surface area contributed by atoms with Crippen LogP contribution in [0.4, 0.5) is 5.69 Å². The van der Waals surface area contributed by atoms with E-state index in [1.54, 1.807) is 0 Å². The van der Waals surface area contributed by atoms with Gasteiger partial charge in [0.15, 0.2) is 0 Å². The Balaban J connectivity index is 2.60. The molecule has 0 bridgehead atoms. The predicted molar refractivity (Wildman–Crippen MR) is 76.5 cm³/mol. The van der Waals surface area contributed by atoms with Gasteiger partial charge in [-0.2, -0.15) is 0 Å². The van der Waals surface area contributed by atoms with Gasteiger partial charge in [-0.05, 0) is 37.0 Å². The molecule has 0 aliphatic heterocycles. The summed E-state index contributed by atoms with van der Waals surface area (Å²) in [5.41, 5.74) is 8.41. The molecule has 2 unspecified atom stereocenters. The standard InChI is InChI=1S/C15H26N2/c1-5-12(2)11-17(4)15-8-6-14(7-9-15)10-13(3)16/h6-9,12-13H,5,10-11,16H2,1-4H3. The van der Waals surface area contributed by atoms with Crippen molar-refractivity contribution in [3.63, 3.8) is 0 Å². The Morgan fingerprint density at radius 2 is 1.76 bits per heavy atom. The monoisotopic (exact) mass is 234 g/mol. The molecule has 0 aliphatic rings. The highest BCUT2D eigenvalue weighted by Crippen LogP contribution is 2.16. The van der Waals surface area contributed by atoms with Crippen LogP contribution < -0.4 is 10.6 Å². The van der Waals surface area contributed by atoms with Gasteiger partial charge in [0.2, 0.25) is 0 Å². The summed E-state index contributed by atoms with van der Waals surface area (Å²) >= 11 is 0. The van der Waals surface area contributed by atoms with E-state index in [9.17, 15) is 0 Å². The fourth-order valence-corrected chi connectivity index (χ4v) is 1.96. The molecule has 1 aromatic carbocycles. The van der Waals surface area contributed by atoms with E-state index < -0.39 is 0 Å². The summed E-state index contributed by atoms with van der Waals surface area (Å²) in [5.74, 6) is 0.740. The van der Waals surface area contributed by atoms with E-state index in [0.29, 0.717) is 0 Å². The molecule has 0 spiro atoms. The van der Waals surface area contributed by atoms with E-state index in [4.69, 9.17) is 5.73 Å². The molecule has 2 nitrogen and oxygen atoms in total. The van der Waals surface area contributed by atoms with Crippen molar-refractivity contribution in [2.24, 2.45) is 11.7 Å². The lowest BCUT2D eigenvalue weighted by Crippen LogP contribution is -2.23. The summed E-state index contributed by atoms with van der Waals surface area (Å²) in [6.07, 6.45) is 2.18. The number of hydrogen-bond donors (Lipinski definition) is 1. The van der Waals surface area contributed by atoms with Crippen LogP contribution in [0.25, 0.3) is 0 Å². The third kappa shape index (κ3) is 4.78. The van der Waals surface area contributed by atoms with Crippen molar-refractivity contribution < 1.29 is 0 Å². The van der Waals surface area contributed by atoms with E-state index in [1.165, 1.54) is 17.7 Å². The number of hydrogen-bond acceptors (Lipinski definition) is 2. The minimum Gasteiger partial charge on any atom is -0.374 e. The van der Waals surface area contributed by atoms with Gasteiger partial charge in [-0.1, -0.05) is 32.4 Å². The fourth-order valence-electron chi connectivity index (χ4n) is 1.96. The smallest absolute Gasteiger partial charge is 0.0363 e. The average Bonchev–Trinajstić information content (AvgIpc) is 2.28. The minimum atomic E-state index is 0.235. The summed E-state index contributed by atoms with van der Waals surface area (Å²) in [6, 6.07) is 9.00. The Bertz CT molecular complexity index is 316. The second kappa shape index (κ2) is 6.65. The van der Waals surface area contributed by atoms with Gasteiger partial charge in [0.05, 0.1) is 0 Å². The van der Waals surface area contributed by atoms with Gasteiger partial charge in [0, 0.05) is 25.3 Å². The number of nitrogens with two attached hydrogens (primary N) is 1. The van der Waals surface area contributed by atoms with Crippen LogP contribution in [0.15, 0.2) is 24.3 Å². The van der Waals surface area contributed by atoms with Crippen LogP contribution in [0.3, 0.4) is 0 Å². The highest BCUT2D eigenvalue weighted by atomic mass is 15.1. The Morgan fingerprint density at radius 3 is 2.24 bits per heavy atom. The number of benzene rings is 1. The Hall–Kier alpha value is -1.02. The molecule has 2 atom stereocenters. The third-order valence-electron chi connectivity index (χ3n) is 3.22. The van der Waals surface area contributed by atoms with Crippen molar-refractivity contribution in [3.05, 3.63) is 29.8 Å². The molecular formula is C15H26N2.